The van der Waals surface area contributed by atoms with Crippen molar-refractivity contribution in [1.82, 2.24) is 5.06 Å². The van der Waals surface area contributed by atoms with E-state index < -0.39 is 0 Å². The fraction of sp³-hybridized carbons (Fsp3) is 0.417. The highest BCUT2D eigenvalue weighted by Crippen LogP contribution is 2.09. The second-order valence-electron chi connectivity index (χ2n) is 3.64. The van der Waals surface area contributed by atoms with Crippen LogP contribution < -0.4 is 0 Å². The summed E-state index contributed by atoms with van der Waals surface area (Å²) in [6.45, 7) is 4.52. The molecule has 3 nitrogen and oxygen atoms in total. The maximum absolute atomic E-state index is 9.64. The number of hydrogen-bond donors (Lipinski definition) is 2. The molecule has 0 aliphatic rings. The van der Waals surface area contributed by atoms with Crippen molar-refractivity contribution in [2.45, 2.75) is 26.7 Å². The largest absolute Gasteiger partial charge is 0.287 e. The van der Waals surface area contributed by atoms with Crippen LogP contribution in [0.3, 0.4) is 0 Å². The molecule has 1 aromatic rings. The van der Waals surface area contributed by atoms with Gasteiger partial charge in [0, 0.05) is 12.1 Å². The Kier molecular flexibility index (Phi) is 4.31. The van der Waals surface area contributed by atoms with Crippen molar-refractivity contribution in [2.75, 3.05) is 6.54 Å². The molecule has 1 aromatic carbocycles. The monoisotopic (exact) mass is 206 g/mol. The van der Waals surface area contributed by atoms with E-state index in [0.717, 1.165) is 29.0 Å². The summed E-state index contributed by atoms with van der Waals surface area (Å²) in [7, 11) is 0. The van der Waals surface area contributed by atoms with E-state index in [9.17, 15) is 5.21 Å². The van der Waals surface area contributed by atoms with Crippen LogP contribution in [-0.4, -0.2) is 22.7 Å². The molecule has 1 rings (SSSR count). The van der Waals surface area contributed by atoms with E-state index in [1.807, 2.05) is 31.2 Å². The van der Waals surface area contributed by atoms with Crippen molar-refractivity contribution < 1.29 is 5.21 Å². The van der Waals surface area contributed by atoms with Crippen LogP contribution in [0.25, 0.3) is 0 Å². The zero-order valence-electron chi connectivity index (χ0n) is 9.33. The van der Waals surface area contributed by atoms with Crippen LogP contribution in [-0.2, 0) is 0 Å². The molecule has 0 fully saturated rings. The van der Waals surface area contributed by atoms with Crippen LogP contribution in [0.2, 0.25) is 0 Å². The van der Waals surface area contributed by atoms with Gasteiger partial charge in [0.15, 0.2) is 5.84 Å². The summed E-state index contributed by atoms with van der Waals surface area (Å²) in [6, 6.07) is 7.61. The van der Waals surface area contributed by atoms with Crippen LogP contribution >= 0.6 is 0 Å². The molecule has 3 heteroatoms. The van der Waals surface area contributed by atoms with Crippen molar-refractivity contribution in [1.29, 1.82) is 5.41 Å². The van der Waals surface area contributed by atoms with E-state index in [-0.39, 0.29) is 5.84 Å². The lowest BCUT2D eigenvalue weighted by atomic mass is 10.1. The Balaban J connectivity index is 2.72. The SMILES string of the molecule is CCCCN(O)C(=N)c1ccccc1C. The van der Waals surface area contributed by atoms with Crippen molar-refractivity contribution in [3.63, 3.8) is 0 Å². The van der Waals surface area contributed by atoms with Gasteiger partial charge in [-0.1, -0.05) is 37.6 Å². The third-order valence-electron chi connectivity index (χ3n) is 2.38. The molecule has 0 heterocycles. The number of unbranched alkanes of at least 4 members (excludes halogenated alkanes) is 1. The quantitative estimate of drug-likeness (QED) is 0.452. The average Bonchev–Trinajstić information content (AvgIpc) is 2.25. The average molecular weight is 206 g/mol. The first-order valence-electron chi connectivity index (χ1n) is 5.27. The lowest BCUT2D eigenvalue weighted by molar-refractivity contribution is -0.0156. The highest BCUT2D eigenvalue weighted by molar-refractivity contribution is 5.96. The molecule has 82 valence electrons. The molecule has 15 heavy (non-hydrogen) atoms. The summed E-state index contributed by atoms with van der Waals surface area (Å²) < 4.78 is 0. The number of nitrogens with one attached hydrogen (secondary N) is 1. The lowest BCUT2D eigenvalue weighted by Crippen LogP contribution is -2.28. The third-order valence-corrected chi connectivity index (χ3v) is 2.38. The number of amidine groups is 1. The van der Waals surface area contributed by atoms with Crippen LogP contribution in [0.1, 0.15) is 30.9 Å². The topological polar surface area (TPSA) is 47.3 Å². The molecule has 2 N–H and O–H groups in total. The molecule has 0 saturated heterocycles. The molecular formula is C12H18N2O. The molecule has 0 aliphatic heterocycles. The first-order chi connectivity index (χ1) is 7.16. The van der Waals surface area contributed by atoms with Gasteiger partial charge in [-0.3, -0.25) is 10.6 Å². The number of aryl methyl sites for hydroxylation is 1. The molecular weight excluding hydrogens is 188 g/mol. The normalized spacial score (nSPS) is 10.1. The fourth-order valence-corrected chi connectivity index (χ4v) is 1.40. The van der Waals surface area contributed by atoms with Gasteiger partial charge in [-0.2, -0.15) is 0 Å². The Morgan fingerprint density at radius 1 is 1.40 bits per heavy atom. The van der Waals surface area contributed by atoms with Gasteiger partial charge in [0.25, 0.3) is 0 Å². The van der Waals surface area contributed by atoms with Gasteiger partial charge in [0.1, 0.15) is 0 Å². The Morgan fingerprint density at radius 2 is 2.07 bits per heavy atom. The Morgan fingerprint density at radius 3 is 2.67 bits per heavy atom. The number of rotatable bonds is 4. The number of benzene rings is 1. The zero-order chi connectivity index (χ0) is 11.3. The van der Waals surface area contributed by atoms with E-state index in [1.165, 1.54) is 0 Å². The molecule has 0 unspecified atom stereocenters. The van der Waals surface area contributed by atoms with Gasteiger partial charge < -0.3 is 0 Å². The molecule has 0 spiro atoms. The minimum absolute atomic E-state index is 0.182. The van der Waals surface area contributed by atoms with Gasteiger partial charge in [-0.05, 0) is 18.9 Å². The summed E-state index contributed by atoms with van der Waals surface area (Å²) in [5, 5.41) is 18.5. The smallest absolute Gasteiger partial charge is 0.152 e. The predicted octanol–water partition coefficient (Wildman–Crippen LogP) is 2.81. The van der Waals surface area contributed by atoms with Crippen molar-refractivity contribution >= 4 is 5.84 Å². The summed E-state index contributed by atoms with van der Waals surface area (Å²) in [5.74, 6) is 0.182. The number of nitrogens with zero attached hydrogens (tertiary/aromatic N) is 1. The Hall–Kier alpha value is -1.35. The lowest BCUT2D eigenvalue weighted by Gasteiger charge is -2.18. The van der Waals surface area contributed by atoms with Gasteiger partial charge in [-0.15, -0.1) is 0 Å². The first kappa shape index (κ1) is 11.7. The molecule has 0 aromatic heterocycles. The van der Waals surface area contributed by atoms with E-state index in [0.29, 0.717) is 6.54 Å². The summed E-state index contributed by atoms with van der Waals surface area (Å²) in [4.78, 5) is 0. The van der Waals surface area contributed by atoms with Crippen LogP contribution in [0, 0.1) is 12.3 Å². The zero-order valence-corrected chi connectivity index (χ0v) is 9.33. The van der Waals surface area contributed by atoms with E-state index in [2.05, 4.69) is 6.92 Å². The minimum Gasteiger partial charge on any atom is -0.287 e. The van der Waals surface area contributed by atoms with Crippen LogP contribution in [0.15, 0.2) is 24.3 Å². The van der Waals surface area contributed by atoms with Crippen LogP contribution in [0.4, 0.5) is 0 Å². The first-order valence-corrected chi connectivity index (χ1v) is 5.27. The minimum atomic E-state index is 0.182. The third kappa shape index (κ3) is 3.06. The van der Waals surface area contributed by atoms with Crippen LogP contribution in [0.5, 0.6) is 0 Å². The molecule has 0 aliphatic carbocycles. The molecule has 0 amide bonds. The van der Waals surface area contributed by atoms with Gasteiger partial charge in [0.2, 0.25) is 0 Å². The van der Waals surface area contributed by atoms with E-state index >= 15 is 0 Å². The van der Waals surface area contributed by atoms with E-state index in [4.69, 9.17) is 5.41 Å². The molecule has 0 bridgehead atoms. The van der Waals surface area contributed by atoms with Crippen molar-refractivity contribution in [2.24, 2.45) is 0 Å². The molecule has 0 radical (unpaired) electrons. The summed E-state index contributed by atoms with van der Waals surface area (Å²) >= 11 is 0. The molecule has 0 saturated carbocycles. The van der Waals surface area contributed by atoms with Gasteiger partial charge >= 0.3 is 0 Å². The predicted molar refractivity (Wildman–Crippen MR) is 61.4 cm³/mol. The fourth-order valence-electron chi connectivity index (χ4n) is 1.40. The summed E-state index contributed by atoms with van der Waals surface area (Å²) in [6.07, 6.45) is 1.91. The Bertz CT molecular complexity index is 336. The second-order valence-corrected chi connectivity index (χ2v) is 3.64. The van der Waals surface area contributed by atoms with E-state index in [1.54, 1.807) is 0 Å². The highest BCUT2D eigenvalue weighted by atomic mass is 16.5. The molecule has 0 atom stereocenters. The highest BCUT2D eigenvalue weighted by Gasteiger charge is 2.10. The van der Waals surface area contributed by atoms with Crippen molar-refractivity contribution in [3.05, 3.63) is 35.4 Å². The standard InChI is InChI=1S/C12H18N2O/c1-3-4-9-14(15)12(13)11-8-6-5-7-10(11)2/h5-8,13,15H,3-4,9H2,1-2H3. The van der Waals surface area contributed by atoms with Gasteiger partial charge in [-0.25, -0.2) is 5.06 Å². The van der Waals surface area contributed by atoms with Crippen molar-refractivity contribution in [3.8, 4) is 0 Å². The maximum atomic E-state index is 9.64. The second kappa shape index (κ2) is 5.51. The summed E-state index contributed by atoms with van der Waals surface area (Å²) in [5.41, 5.74) is 1.80. The maximum Gasteiger partial charge on any atom is 0.152 e. The number of hydrogen-bond acceptors (Lipinski definition) is 2. The number of hydroxylamine groups is 2. The Labute approximate surface area is 90.8 Å². The van der Waals surface area contributed by atoms with Gasteiger partial charge in [0.05, 0.1) is 0 Å².